The Kier molecular flexibility index (Phi) is 5.09. The molecule has 1 aliphatic heterocycles. The summed E-state index contributed by atoms with van der Waals surface area (Å²) in [5.74, 6) is 1.40. The van der Waals surface area contributed by atoms with Crippen LogP contribution in [0.25, 0.3) is 10.2 Å². The maximum Gasteiger partial charge on any atom is 0.250 e. The first kappa shape index (κ1) is 17.3. The van der Waals surface area contributed by atoms with Crippen molar-refractivity contribution < 1.29 is 14.3 Å². The summed E-state index contributed by atoms with van der Waals surface area (Å²) in [6.07, 6.45) is 1.56. The predicted octanol–water partition coefficient (Wildman–Crippen LogP) is 4.03. The van der Waals surface area contributed by atoms with Crippen LogP contribution in [0.3, 0.4) is 0 Å². The lowest BCUT2D eigenvalue weighted by atomic mass is 10.2. The number of para-hydroxylation sites is 1. The van der Waals surface area contributed by atoms with E-state index in [1.807, 2.05) is 30.3 Å². The van der Waals surface area contributed by atoms with Gasteiger partial charge in [-0.25, -0.2) is 10.4 Å². The second kappa shape index (κ2) is 7.65. The second-order valence-electron chi connectivity index (χ2n) is 5.26. The van der Waals surface area contributed by atoms with Crippen LogP contribution in [0.2, 0.25) is 0 Å². The van der Waals surface area contributed by atoms with Gasteiger partial charge in [-0.1, -0.05) is 23.9 Å². The Morgan fingerprint density at radius 2 is 2.15 bits per heavy atom. The number of hydrogen-bond donors (Lipinski definition) is 1. The lowest BCUT2D eigenvalue weighted by molar-refractivity contribution is -0.118. The third-order valence-corrected chi connectivity index (χ3v) is 6.35. The van der Waals surface area contributed by atoms with Crippen molar-refractivity contribution in [1.29, 1.82) is 0 Å². The summed E-state index contributed by atoms with van der Waals surface area (Å²) in [5.41, 5.74) is 4.26. The summed E-state index contributed by atoms with van der Waals surface area (Å²) in [6.45, 7) is 0.210. The van der Waals surface area contributed by atoms with Crippen LogP contribution in [0.1, 0.15) is 5.56 Å². The Balaban J connectivity index is 1.33. The highest BCUT2D eigenvalue weighted by Crippen LogP contribution is 2.36. The van der Waals surface area contributed by atoms with Gasteiger partial charge in [0.05, 0.1) is 22.2 Å². The molecule has 0 saturated heterocycles. The zero-order chi connectivity index (χ0) is 17.9. The zero-order valence-corrected chi connectivity index (χ0v) is 16.5. The van der Waals surface area contributed by atoms with Crippen LogP contribution >= 0.6 is 39.0 Å². The highest BCUT2D eigenvalue weighted by molar-refractivity contribution is 9.10. The molecule has 0 aliphatic carbocycles. The third kappa shape index (κ3) is 3.84. The maximum absolute atomic E-state index is 12.0. The molecule has 0 spiro atoms. The molecule has 26 heavy (non-hydrogen) atoms. The molecule has 1 N–H and O–H groups in total. The van der Waals surface area contributed by atoms with Gasteiger partial charge < -0.3 is 9.47 Å². The van der Waals surface area contributed by atoms with E-state index in [9.17, 15) is 4.79 Å². The molecule has 6 nitrogen and oxygen atoms in total. The second-order valence-corrected chi connectivity index (χ2v) is 8.36. The first-order chi connectivity index (χ1) is 12.7. The Hall–Kier alpha value is -2.10. The van der Waals surface area contributed by atoms with E-state index in [0.29, 0.717) is 11.5 Å². The van der Waals surface area contributed by atoms with E-state index in [4.69, 9.17) is 9.47 Å². The first-order valence-corrected chi connectivity index (χ1v) is 10.2. The van der Waals surface area contributed by atoms with Gasteiger partial charge in [0, 0.05) is 10.0 Å². The number of thioether (sulfide) groups is 1. The number of hydrogen-bond acceptors (Lipinski definition) is 7. The molecule has 9 heteroatoms. The number of fused-ring (bicyclic) bond motifs is 2. The average molecular weight is 450 g/mol. The predicted molar refractivity (Wildman–Crippen MR) is 106 cm³/mol. The third-order valence-electron chi connectivity index (χ3n) is 3.49. The monoisotopic (exact) mass is 449 g/mol. The molecular formula is C17H12BrN3O3S2. The summed E-state index contributed by atoms with van der Waals surface area (Å²) in [6, 6.07) is 11.5. The Labute approximate surface area is 165 Å². The summed E-state index contributed by atoms with van der Waals surface area (Å²) in [7, 11) is 0. The molecule has 2 aromatic carbocycles. The molecule has 1 aliphatic rings. The van der Waals surface area contributed by atoms with Crippen LogP contribution < -0.4 is 14.9 Å². The fraction of sp³-hybridized carbons (Fsp3) is 0.118. The molecule has 3 aromatic rings. The summed E-state index contributed by atoms with van der Waals surface area (Å²) in [4.78, 5) is 16.5. The number of aromatic nitrogens is 1. The van der Waals surface area contributed by atoms with Gasteiger partial charge in [-0.2, -0.15) is 5.10 Å². The average Bonchev–Trinajstić information content (AvgIpc) is 3.25. The molecule has 4 rings (SSSR count). The van der Waals surface area contributed by atoms with E-state index >= 15 is 0 Å². The van der Waals surface area contributed by atoms with E-state index in [2.05, 4.69) is 31.4 Å². The Morgan fingerprint density at radius 1 is 1.35 bits per heavy atom. The van der Waals surface area contributed by atoms with E-state index in [-0.39, 0.29) is 18.5 Å². The molecule has 1 aromatic heterocycles. The lowest BCUT2D eigenvalue weighted by Gasteiger charge is -2.02. The number of carbonyl (C=O) groups is 1. The van der Waals surface area contributed by atoms with Crippen molar-refractivity contribution >= 4 is 61.4 Å². The van der Waals surface area contributed by atoms with Gasteiger partial charge in [0.2, 0.25) is 6.79 Å². The number of thiazole rings is 1. The number of ether oxygens (including phenoxy) is 2. The van der Waals surface area contributed by atoms with Crippen molar-refractivity contribution in [2.75, 3.05) is 12.5 Å². The molecule has 0 atom stereocenters. The lowest BCUT2D eigenvalue weighted by Crippen LogP contribution is -2.19. The highest BCUT2D eigenvalue weighted by Gasteiger charge is 2.15. The van der Waals surface area contributed by atoms with E-state index in [0.717, 1.165) is 24.6 Å². The van der Waals surface area contributed by atoms with Crippen LogP contribution in [-0.2, 0) is 4.79 Å². The van der Waals surface area contributed by atoms with Crippen molar-refractivity contribution in [2.45, 2.75) is 4.34 Å². The molecule has 0 bridgehead atoms. The van der Waals surface area contributed by atoms with Crippen molar-refractivity contribution in [2.24, 2.45) is 5.10 Å². The van der Waals surface area contributed by atoms with Crippen LogP contribution in [0, 0.1) is 0 Å². The SMILES string of the molecule is O=C(CSc1nc2ccccc2s1)N/N=C/c1cc2c(cc1Br)OCO2. The molecular weight excluding hydrogens is 438 g/mol. The van der Waals surface area contributed by atoms with Gasteiger partial charge >= 0.3 is 0 Å². The number of nitrogens with one attached hydrogen (secondary N) is 1. The largest absolute Gasteiger partial charge is 0.454 e. The summed E-state index contributed by atoms with van der Waals surface area (Å²) in [5, 5.41) is 4.00. The molecule has 1 amide bonds. The van der Waals surface area contributed by atoms with Gasteiger partial charge in [-0.05, 0) is 40.2 Å². The minimum absolute atomic E-state index is 0.192. The van der Waals surface area contributed by atoms with Crippen molar-refractivity contribution in [3.8, 4) is 11.5 Å². The van der Waals surface area contributed by atoms with Gasteiger partial charge in [-0.15, -0.1) is 11.3 Å². The Morgan fingerprint density at radius 3 is 3.00 bits per heavy atom. The molecule has 0 radical (unpaired) electrons. The molecule has 0 unspecified atom stereocenters. The number of nitrogens with zero attached hydrogens (tertiary/aromatic N) is 2. The van der Waals surface area contributed by atoms with Crippen molar-refractivity contribution in [3.05, 3.63) is 46.4 Å². The van der Waals surface area contributed by atoms with Crippen LogP contribution in [0.4, 0.5) is 0 Å². The molecule has 132 valence electrons. The number of halogens is 1. The smallest absolute Gasteiger partial charge is 0.250 e. The molecule has 0 fully saturated rings. The molecule has 0 saturated carbocycles. The first-order valence-electron chi connectivity index (χ1n) is 7.58. The van der Waals surface area contributed by atoms with Crippen LogP contribution in [0.15, 0.2) is 50.3 Å². The van der Waals surface area contributed by atoms with Gasteiger partial charge in [0.1, 0.15) is 0 Å². The highest BCUT2D eigenvalue weighted by atomic mass is 79.9. The number of rotatable bonds is 5. The summed E-state index contributed by atoms with van der Waals surface area (Å²) >= 11 is 6.42. The van der Waals surface area contributed by atoms with Gasteiger partial charge in [0.15, 0.2) is 15.8 Å². The summed E-state index contributed by atoms with van der Waals surface area (Å²) < 4.78 is 13.4. The molecule has 2 heterocycles. The maximum atomic E-state index is 12.0. The fourth-order valence-corrected chi connectivity index (χ4v) is 4.56. The van der Waals surface area contributed by atoms with E-state index in [1.54, 1.807) is 23.6 Å². The topological polar surface area (TPSA) is 72.8 Å². The quantitative estimate of drug-likeness (QED) is 0.361. The minimum Gasteiger partial charge on any atom is -0.454 e. The zero-order valence-electron chi connectivity index (χ0n) is 13.3. The van der Waals surface area contributed by atoms with Crippen LogP contribution in [-0.4, -0.2) is 29.7 Å². The minimum atomic E-state index is -0.192. The number of benzene rings is 2. The van der Waals surface area contributed by atoms with Gasteiger partial charge in [-0.3, -0.25) is 4.79 Å². The normalized spacial score (nSPS) is 12.8. The Bertz CT molecular complexity index is 973. The van der Waals surface area contributed by atoms with Crippen molar-refractivity contribution in [1.82, 2.24) is 10.4 Å². The fourth-order valence-electron chi connectivity index (χ4n) is 2.28. The van der Waals surface area contributed by atoms with E-state index in [1.165, 1.54) is 11.8 Å². The van der Waals surface area contributed by atoms with Crippen molar-refractivity contribution in [3.63, 3.8) is 0 Å². The number of carbonyl (C=O) groups excluding carboxylic acids is 1. The van der Waals surface area contributed by atoms with Gasteiger partial charge in [0.25, 0.3) is 5.91 Å². The number of amides is 1. The van der Waals surface area contributed by atoms with Crippen LogP contribution in [0.5, 0.6) is 11.5 Å². The van der Waals surface area contributed by atoms with E-state index < -0.39 is 0 Å². The standard InChI is InChI=1S/C17H12BrN3O3S2/c18-11-6-14-13(23-9-24-14)5-10(11)7-19-21-16(22)8-25-17-20-12-3-1-2-4-15(12)26-17/h1-7H,8-9H2,(H,21,22)/b19-7+. The number of hydrazone groups is 1.